The molecule has 0 radical (unpaired) electrons. The quantitative estimate of drug-likeness (QED) is 0.738. The van der Waals surface area contributed by atoms with Crippen molar-refractivity contribution in [3.05, 3.63) is 48.2 Å². The van der Waals surface area contributed by atoms with Crippen LogP contribution in [0.3, 0.4) is 0 Å². The zero-order chi connectivity index (χ0) is 17.8. The molecule has 1 aliphatic heterocycles. The van der Waals surface area contributed by atoms with Gasteiger partial charge >= 0.3 is 5.97 Å². The van der Waals surface area contributed by atoms with E-state index in [-0.39, 0.29) is 23.1 Å². The fourth-order valence-electron chi connectivity index (χ4n) is 2.98. The lowest BCUT2D eigenvalue weighted by Gasteiger charge is -2.32. The first-order valence-electron chi connectivity index (χ1n) is 8.08. The minimum Gasteiger partial charge on any atom is -0.506 e. The normalized spacial score (nSPS) is 15.0. The number of amides is 1. The van der Waals surface area contributed by atoms with Crippen molar-refractivity contribution in [3.63, 3.8) is 0 Å². The molecule has 7 nitrogen and oxygen atoms in total. The number of piperidine rings is 1. The van der Waals surface area contributed by atoms with Gasteiger partial charge in [-0.2, -0.15) is 0 Å². The Morgan fingerprint density at radius 3 is 2.52 bits per heavy atom. The summed E-state index contributed by atoms with van der Waals surface area (Å²) in [6.07, 6.45) is 2.75. The summed E-state index contributed by atoms with van der Waals surface area (Å²) in [6, 6.07) is 9.73. The minimum atomic E-state index is -1.01. The lowest BCUT2D eigenvalue weighted by atomic mass is 9.95. The molecule has 1 fully saturated rings. The van der Waals surface area contributed by atoms with Crippen molar-refractivity contribution in [1.29, 1.82) is 0 Å². The predicted octanol–water partition coefficient (Wildman–Crippen LogP) is 2.34. The minimum absolute atomic E-state index is 0.0351. The summed E-state index contributed by atoms with van der Waals surface area (Å²) in [5, 5.41) is 21.8. The Morgan fingerprint density at radius 1 is 1.12 bits per heavy atom. The van der Waals surface area contributed by atoms with Crippen molar-refractivity contribution in [2.24, 2.45) is 5.92 Å². The topological polar surface area (TPSA) is 103 Å². The number of benzene rings is 1. The number of hydrogen-bond donors (Lipinski definition) is 3. The van der Waals surface area contributed by atoms with Gasteiger partial charge in [0, 0.05) is 25.2 Å². The van der Waals surface area contributed by atoms with Crippen LogP contribution >= 0.6 is 0 Å². The first-order chi connectivity index (χ1) is 12.1. The summed E-state index contributed by atoms with van der Waals surface area (Å²) >= 11 is 0. The molecule has 1 aromatic carbocycles. The Morgan fingerprint density at radius 2 is 1.84 bits per heavy atom. The average molecular weight is 341 g/mol. The Bertz CT molecular complexity index is 785. The molecule has 1 aromatic heterocycles. The van der Waals surface area contributed by atoms with Crippen molar-refractivity contribution in [1.82, 2.24) is 4.98 Å². The SMILES string of the molecule is O=C(O)c1cccnc1N1CCC(C(=O)Nc2ccccc2O)CC1. The fraction of sp³-hybridized carbons (Fsp3) is 0.278. The van der Waals surface area contributed by atoms with Crippen molar-refractivity contribution in [3.8, 4) is 5.75 Å². The number of nitrogens with zero attached hydrogens (tertiary/aromatic N) is 2. The molecule has 0 atom stereocenters. The monoisotopic (exact) mass is 341 g/mol. The molecule has 2 aromatic rings. The van der Waals surface area contributed by atoms with Crippen LogP contribution in [0.5, 0.6) is 5.75 Å². The third-order valence-electron chi connectivity index (χ3n) is 4.34. The first kappa shape index (κ1) is 16.8. The van der Waals surface area contributed by atoms with E-state index >= 15 is 0 Å². The van der Waals surface area contributed by atoms with Crippen LogP contribution < -0.4 is 10.2 Å². The van der Waals surface area contributed by atoms with Gasteiger partial charge in [-0.05, 0) is 37.1 Å². The van der Waals surface area contributed by atoms with E-state index in [4.69, 9.17) is 0 Å². The number of aromatic nitrogens is 1. The van der Waals surface area contributed by atoms with Crippen LogP contribution in [0.25, 0.3) is 0 Å². The first-order valence-corrected chi connectivity index (χ1v) is 8.08. The maximum atomic E-state index is 12.4. The molecule has 0 saturated carbocycles. The van der Waals surface area contributed by atoms with Gasteiger partial charge in [0.2, 0.25) is 5.91 Å². The van der Waals surface area contributed by atoms with E-state index in [1.54, 1.807) is 30.5 Å². The van der Waals surface area contributed by atoms with Crippen molar-refractivity contribution in [2.75, 3.05) is 23.3 Å². The number of carboxylic acid groups (broad SMARTS) is 1. The van der Waals surface area contributed by atoms with Crippen molar-refractivity contribution >= 4 is 23.4 Å². The molecule has 0 unspecified atom stereocenters. The van der Waals surface area contributed by atoms with E-state index < -0.39 is 5.97 Å². The maximum absolute atomic E-state index is 12.4. The number of aromatic hydroxyl groups is 1. The zero-order valence-electron chi connectivity index (χ0n) is 13.6. The van der Waals surface area contributed by atoms with Crippen LogP contribution in [0.15, 0.2) is 42.6 Å². The number of nitrogens with one attached hydrogen (secondary N) is 1. The van der Waals surface area contributed by atoms with E-state index in [0.717, 1.165) is 0 Å². The van der Waals surface area contributed by atoms with Gasteiger partial charge in [-0.1, -0.05) is 12.1 Å². The molecule has 25 heavy (non-hydrogen) atoms. The van der Waals surface area contributed by atoms with Crippen molar-refractivity contribution in [2.45, 2.75) is 12.8 Å². The van der Waals surface area contributed by atoms with Gasteiger partial charge < -0.3 is 20.4 Å². The van der Waals surface area contributed by atoms with Crippen LogP contribution in [-0.2, 0) is 4.79 Å². The molecule has 0 aliphatic carbocycles. The van der Waals surface area contributed by atoms with Crippen LogP contribution in [0.2, 0.25) is 0 Å². The molecule has 0 bridgehead atoms. The summed E-state index contributed by atoms with van der Waals surface area (Å²) in [4.78, 5) is 29.8. The number of phenolic OH excluding ortho intramolecular Hbond substituents is 1. The number of carbonyl (C=O) groups excluding carboxylic acids is 1. The highest BCUT2D eigenvalue weighted by atomic mass is 16.4. The van der Waals surface area contributed by atoms with Gasteiger partial charge in [0.15, 0.2) is 0 Å². The Hall–Kier alpha value is -3.09. The maximum Gasteiger partial charge on any atom is 0.339 e. The molecule has 130 valence electrons. The van der Waals surface area contributed by atoms with Gasteiger partial charge in [-0.15, -0.1) is 0 Å². The molecule has 1 aliphatic rings. The summed E-state index contributed by atoms with van der Waals surface area (Å²) in [5.74, 6) is -0.863. The van der Waals surface area contributed by atoms with Crippen LogP contribution in [0.1, 0.15) is 23.2 Å². The van der Waals surface area contributed by atoms with Gasteiger partial charge in [-0.25, -0.2) is 9.78 Å². The number of carbonyl (C=O) groups is 2. The third kappa shape index (κ3) is 3.71. The lowest BCUT2D eigenvalue weighted by molar-refractivity contribution is -0.120. The number of pyridine rings is 1. The van der Waals surface area contributed by atoms with Gasteiger partial charge in [0.05, 0.1) is 5.69 Å². The Balaban J connectivity index is 1.63. The number of anilines is 2. The second-order valence-electron chi connectivity index (χ2n) is 5.95. The Kier molecular flexibility index (Phi) is 4.83. The zero-order valence-corrected chi connectivity index (χ0v) is 13.6. The number of carboxylic acids is 1. The predicted molar refractivity (Wildman–Crippen MR) is 92.9 cm³/mol. The molecule has 0 spiro atoms. The molecule has 1 saturated heterocycles. The number of phenols is 1. The van der Waals surface area contributed by atoms with Crippen LogP contribution in [0.4, 0.5) is 11.5 Å². The highest BCUT2D eigenvalue weighted by Gasteiger charge is 2.27. The number of para-hydroxylation sites is 2. The smallest absolute Gasteiger partial charge is 0.339 e. The molecule has 2 heterocycles. The number of aromatic carboxylic acids is 1. The second-order valence-corrected chi connectivity index (χ2v) is 5.95. The highest BCUT2D eigenvalue weighted by Crippen LogP contribution is 2.27. The van der Waals surface area contributed by atoms with Gasteiger partial charge in [0.1, 0.15) is 17.1 Å². The molecule has 7 heteroatoms. The van der Waals surface area contributed by atoms with Crippen molar-refractivity contribution < 1.29 is 19.8 Å². The summed E-state index contributed by atoms with van der Waals surface area (Å²) in [7, 11) is 0. The van der Waals surface area contributed by atoms with E-state index in [1.165, 1.54) is 12.1 Å². The molecule has 3 rings (SSSR count). The number of hydrogen-bond acceptors (Lipinski definition) is 5. The molecule has 1 amide bonds. The van der Waals surface area contributed by atoms with Crippen LogP contribution in [0, 0.1) is 5.92 Å². The second kappa shape index (κ2) is 7.21. The van der Waals surface area contributed by atoms with E-state index in [9.17, 15) is 19.8 Å². The summed E-state index contributed by atoms with van der Waals surface area (Å²) < 4.78 is 0. The van der Waals surface area contributed by atoms with Gasteiger partial charge in [0.25, 0.3) is 0 Å². The molecule has 3 N–H and O–H groups in total. The van der Waals surface area contributed by atoms with Gasteiger partial charge in [-0.3, -0.25) is 4.79 Å². The van der Waals surface area contributed by atoms with Crippen LogP contribution in [-0.4, -0.2) is 40.2 Å². The van der Waals surface area contributed by atoms with E-state index in [2.05, 4.69) is 10.3 Å². The van der Waals surface area contributed by atoms with E-state index in [0.29, 0.717) is 37.4 Å². The number of rotatable bonds is 4. The summed E-state index contributed by atoms with van der Waals surface area (Å²) in [6.45, 7) is 1.10. The lowest BCUT2D eigenvalue weighted by Crippen LogP contribution is -2.39. The molecular formula is C18H19N3O4. The highest BCUT2D eigenvalue weighted by molar-refractivity contribution is 5.95. The largest absolute Gasteiger partial charge is 0.506 e. The molecular weight excluding hydrogens is 322 g/mol. The third-order valence-corrected chi connectivity index (χ3v) is 4.34. The summed E-state index contributed by atoms with van der Waals surface area (Å²) in [5.41, 5.74) is 0.562. The average Bonchev–Trinajstić information content (AvgIpc) is 2.63. The standard InChI is InChI=1S/C18H19N3O4/c22-15-6-2-1-5-14(15)20-17(23)12-7-10-21(11-8-12)16-13(18(24)25)4-3-9-19-16/h1-6,9,12,22H,7-8,10-11H2,(H,20,23)(H,24,25). The van der Waals surface area contributed by atoms with E-state index in [1.807, 2.05) is 4.90 Å². The fourth-order valence-corrected chi connectivity index (χ4v) is 2.98. The Labute approximate surface area is 144 Å².